The predicted molar refractivity (Wildman–Crippen MR) is 60.1 cm³/mol. The van der Waals surface area contributed by atoms with Gasteiger partial charge in [0.2, 0.25) is 0 Å². The number of rotatable bonds is 6. The number of halogens is 1. The number of hydrogen-bond acceptors (Lipinski definition) is 5. The lowest BCUT2D eigenvalue weighted by Gasteiger charge is -2.06. The molecule has 1 amide bonds. The number of carboxylic acids is 1. The second-order valence-corrected chi connectivity index (χ2v) is 3.33. The molecule has 1 rings (SSSR count). The molecule has 1 aromatic carbocycles. The topological polar surface area (TPSA) is 119 Å². The van der Waals surface area contributed by atoms with Gasteiger partial charge in [-0.05, 0) is 6.07 Å². The SMILES string of the molecule is O=C(O)COCC(=O)Nc1c(F)cccc1[N+](=O)[O-]. The van der Waals surface area contributed by atoms with Crippen LogP contribution in [0.2, 0.25) is 0 Å². The van der Waals surface area contributed by atoms with Crippen molar-refractivity contribution in [3.63, 3.8) is 0 Å². The molecule has 0 fully saturated rings. The number of benzene rings is 1. The van der Waals surface area contributed by atoms with Crippen LogP contribution in [0.15, 0.2) is 18.2 Å². The van der Waals surface area contributed by atoms with Crippen molar-refractivity contribution in [3.05, 3.63) is 34.1 Å². The average Bonchev–Trinajstić information content (AvgIpc) is 2.30. The van der Waals surface area contributed by atoms with E-state index in [4.69, 9.17) is 5.11 Å². The van der Waals surface area contributed by atoms with Gasteiger partial charge in [0.1, 0.15) is 13.2 Å². The van der Waals surface area contributed by atoms with Gasteiger partial charge in [-0.1, -0.05) is 6.07 Å². The molecule has 0 saturated heterocycles. The molecule has 0 radical (unpaired) electrons. The van der Waals surface area contributed by atoms with Crippen molar-refractivity contribution in [2.75, 3.05) is 18.5 Å². The van der Waals surface area contributed by atoms with Gasteiger partial charge in [-0.2, -0.15) is 0 Å². The smallest absolute Gasteiger partial charge is 0.329 e. The number of ether oxygens (including phenoxy) is 1. The summed E-state index contributed by atoms with van der Waals surface area (Å²) in [5.74, 6) is -3.14. The molecule has 0 unspecified atom stereocenters. The van der Waals surface area contributed by atoms with Crippen LogP contribution in [0.25, 0.3) is 0 Å². The summed E-state index contributed by atoms with van der Waals surface area (Å²) in [5.41, 5.74) is -1.19. The fourth-order valence-corrected chi connectivity index (χ4v) is 1.20. The third-order valence-electron chi connectivity index (χ3n) is 1.91. The zero-order chi connectivity index (χ0) is 14.4. The van der Waals surface area contributed by atoms with Crippen molar-refractivity contribution < 1.29 is 28.7 Å². The lowest BCUT2D eigenvalue weighted by atomic mass is 10.2. The number of nitrogens with one attached hydrogen (secondary N) is 1. The number of amides is 1. The molecule has 0 aliphatic carbocycles. The van der Waals surface area contributed by atoms with E-state index in [0.717, 1.165) is 18.2 Å². The van der Waals surface area contributed by atoms with E-state index < -0.39 is 47.2 Å². The minimum absolute atomic E-state index is 0.587. The number of nitro groups is 1. The van der Waals surface area contributed by atoms with E-state index in [2.05, 4.69) is 4.74 Å². The fraction of sp³-hybridized carbons (Fsp3) is 0.200. The van der Waals surface area contributed by atoms with Gasteiger partial charge >= 0.3 is 5.97 Å². The summed E-state index contributed by atoms with van der Waals surface area (Å²) in [6, 6.07) is 3.10. The Bertz CT molecular complexity index is 519. The van der Waals surface area contributed by atoms with Gasteiger partial charge in [-0.15, -0.1) is 0 Å². The van der Waals surface area contributed by atoms with Crippen LogP contribution < -0.4 is 5.32 Å². The predicted octanol–water partition coefficient (Wildman–Crippen LogP) is 0.774. The maximum Gasteiger partial charge on any atom is 0.329 e. The maximum absolute atomic E-state index is 13.4. The Labute approximate surface area is 105 Å². The molecular weight excluding hydrogens is 263 g/mol. The van der Waals surface area contributed by atoms with Gasteiger partial charge in [0, 0.05) is 6.07 Å². The van der Waals surface area contributed by atoms with E-state index >= 15 is 0 Å². The van der Waals surface area contributed by atoms with E-state index in [9.17, 15) is 24.1 Å². The van der Waals surface area contributed by atoms with Crippen molar-refractivity contribution in [1.29, 1.82) is 0 Å². The number of para-hydroxylation sites is 1. The number of carbonyl (C=O) groups excluding carboxylic acids is 1. The first-order chi connectivity index (χ1) is 8.91. The minimum Gasteiger partial charge on any atom is -0.480 e. The summed E-state index contributed by atoms with van der Waals surface area (Å²) in [7, 11) is 0. The minimum atomic E-state index is -1.27. The van der Waals surface area contributed by atoms with Gasteiger partial charge in [0.15, 0.2) is 11.5 Å². The molecule has 1 aromatic rings. The van der Waals surface area contributed by atoms with Crippen LogP contribution in [-0.2, 0) is 14.3 Å². The van der Waals surface area contributed by atoms with Crippen molar-refractivity contribution in [2.24, 2.45) is 0 Å². The number of nitrogens with zero attached hydrogens (tertiary/aromatic N) is 1. The Morgan fingerprint density at radius 2 is 2.11 bits per heavy atom. The van der Waals surface area contributed by atoms with E-state index in [1.807, 2.05) is 5.32 Å². The van der Waals surface area contributed by atoms with Gasteiger partial charge in [-0.3, -0.25) is 14.9 Å². The zero-order valence-electron chi connectivity index (χ0n) is 9.46. The Hall–Kier alpha value is -2.55. The van der Waals surface area contributed by atoms with Crippen molar-refractivity contribution in [3.8, 4) is 0 Å². The standard InChI is InChI=1S/C10H9FN2O6/c11-6-2-1-3-7(13(17)18)10(6)12-8(14)4-19-5-9(15)16/h1-3H,4-5H2,(H,12,14)(H,15,16). The third kappa shape index (κ3) is 4.32. The number of carboxylic acid groups (broad SMARTS) is 1. The molecule has 0 aliphatic rings. The molecule has 0 saturated carbocycles. The van der Waals surface area contributed by atoms with E-state index in [1.54, 1.807) is 0 Å². The number of anilines is 1. The summed E-state index contributed by atoms with van der Waals surface area (Å²) in [6.45, 7) is -1.36. The number of carbonyl (C=O) groups is 2. The molecule has 0 atom stereocenters. The first kappa shape index (κ1) is 14.5. The first-order valence-electron chi connectivity index (χ1n) is 4.94. The summed E-state index contributed by atoms with van der Waals surface area (Å²) in [4.78, 5) is 31.2. The number of aliphatic carboxylic acids is 1. The largest absolute Gasteiger partial charge is 0.480 e. The molecule has 8 nitrogen and oxygen atoms in total. The van der Waals surface area contributed by atoms with Crippen molar-refractivity contribution in [1.82, 2.24) is 0 Å². The van der Waals surface area contributed by atoms with Gasteiger partial charge in [-0.25, -0.2) is 9.18 Å². The molecule has 0 spiro atoms. The van der Waals surface area contributed by atoms with Crippen LogP contribution in [0.4, 0.5) is 15.8 Å². The van der Waals surface area contributed by atoms with Gasteiger partial charge < -0.3 is 15.2 Å². The molecule has 0 heterocycles. The Balaban J connectivity index is 2.73. The van der Waals surface area contributed by atoms with E-state index in [0.29, 0.717) is 0 Å². The highest BCUT2D eigenvalue weighted by Gasteiger charge is 2.19. The third-order valence-corrected chi connectivity index (χ3v) is 1.91. The molecule has 19 heavy (non-hydrogen) atoms. The molecule has 9 heteroatoms. The number of nitro benzene ring substituents is 1. The van der Waals surface area contributed by atoms with E-state index in [1.165, 1.54) is 0 Å². The normalized spacial score (nSPS) is 9.95. The average molecular weight is 272 g/mol. The Kier molecular flexibility index (Phi) is 4.89. The summed E-state index contributed by atoms with van der Waals surface area (Å²) >= 11 is 0. The lowest BCUT2D eigenvalue weighted by molar-refractivity contribution is -0.384. The van der Waals surface area contributed by atoms with Crippen LogP contribution >= 0.6 is 0 Å². The van der Waals surface area contributed by atoms with Crippen LogP contribution in [0.1, 0.15) is 0 Å². The van der Waals surface area contributed by atoms with E-state index in [-0.39, 0.29) is 0 Å². The monoisotopic (exact) mass is 272 g/mol. The quantitative estimate of drug-likeness (QED) is 0.583. The highest BCUT2D eigenvalue weighted by molar-refractivity contribution is 5.94. The summed E-state index contributed by atoms with van der Waals surface area (Å²) < 4.78 is 17.8. The highest BCUT2D eigenvalue weighted by Crippen LogP contribution is 2.26. The Morgan fingerprint density at radius 1 is 1.42 bits per heavy atom. The summed E-state index contributed by atoms with van der Waals surface area (Å²) in [5, 5.41) is 20.9. The second kappa shape index (κ2) is 6.40. The zero-order valence-corrected chi connectivity index (χ0v) is 9.46. The highest BCUT2D eigenvalue weighted by atomic mass is 19.1. The molecule has 0 bridgehead atoms. The van der Waals surface area contributed by atoms with Crippen LogP contribution in [-0.4, -0.2) is 35.1 Å². The number of hydrogen-bond donors (Lipinski definition) is 2. The van der Waals surface area contributed by atoms with Crippen LogP contribution in [0.5, 0.6) is 0 Å². The maximum atomic E-state index is 13.4. The Morgan fingerprint density at radius 3 is 2.68 bits per heavy atom. The van der Waals surface area contributed by atoms with Gasteiger partial charge in [0.25, 0.3) is 11.6 Å². The molecule has 0 aromatic heterocycles. The van der Waals surface area contributed by atoms with Gasteiger partial charge in [0.05, 0.1) is 4.92 Å². The molecule has 102 valence electrons. The lowest BCUT2D eigenvalue weighted by Crippen LogP contribution is -2.21. The molecule has 0 aliphatic heterocycles. The fourth-order valence-electron chi connectivity index (χ4n) is 1.20. The van der Waals surface area contributed by atoms with Crippen LogP contribution in [0, 0.1) is 15.9 Å². The van der Waals surface area contributed by atoms with Crippen molar-refractivity contribution >= 4 is 23.3 Å². The van der Waals surface area contributed by atoms with Crippen molar-refractivity contribution in [2.45, 2.75) is 0 Å². The second-order valence-electron chi connectivity index (χ2n) is 3.33. The molecular formula is C10H9FN2O6. The van der Waals surface area contributed by atoms with Crippen LogP contribution in [0.3, 0.4) is 0 Å². The summed E-state index contributed by atoms with van der Waals surface area (Å²) in [6.07, 6.45) is 0. The molecule has 2 N–H and O–H groups in total. The first-order valence-corrected chi connectivity index (χ1v) is 4.94.